The zero-order chi connectivity index (χ0) is 48.3. The number of anilines is 2. The fraction of sp³-hybridized carbons (Fsp3) is 0.721. The van der Waals surface area contributed by atoms with Crippen LogP contribution in [0.15, 0.2) is 12.4 Å². The zero-order valence-corrected chi connectivity index (χ0v) is 40.3. The first-order chi connectivity index (χ1) is 31.6. The quantitative estimate of drug-likeness (QED) is 0.162. The van der Waals surface area contributed by atoms with Crippen LogP contribution in [-0.4, -0.2) is 151 Å². The number of hydrogen-bond donors (Lipinski definition) is 4. The van der Waals surface area contributed by atoms with Gasteiger partial charge in [-0.25, -0.2) is 19.0 Å². The summed E-state index contributed by atoms with van der Waals surface area (Å²) in [6.45, 7) is 13.8. The van der Waals surface area contributed by atoms with E-state index in [1.54, 1.807) is 36.5 Å². The van der Waals surface area contributed by atoms with Crippen molar-refractivity contribution in [2.45, 2.75) is 185 Å². The van der Waals surface area contributed by atoms with Crippen molar-refractivity contribution in [3.8, 4) is 0 Å². The molecule has 24 heteroatoms. The number of halogens is 2. The van der Waals surface area contributed by atoms with Gasteiger partial charge in [-0.3, -0.25) is 9.80 Å². The molecule has 4 aromatic rings. The number of ether oxygens (including phenoxy) is 6. The largest absolute Gasteiger partial charge is 0.443 e. The third-order valence-corrected chi connectivity index (χ3v) is 12.5. The van der Waals surface area contributed by atoms with Crippen molar-refractivity contribution < 1.29 is 58.4 Å². The molecule has 0 aromatic carbocycles. The monoisotopic (exact) mass is 978 g/mol. The predicted octanol–water partition coefficient (Wildman–Crippen LogP) is 5.35. The Morgan fingerprint density at radius 2 is 1.10 bits per heavy atom. The van der Waals surface area contributed by atoms with Gasteiger partial charge in [0.25, 0.3) is 0 Å². The highest BCUT2D eigenvalue weighted by molar-refractivity contribution is 6.29. The standard InChI is InChI=1S/C23H32ClN5O6.C20H28ClN5O6/c1-22(2,3)35-21(31)28(12-8-6-7-9-12)17-13-10-25-29(18(13)27-20(24)26-17)19-16-15(14(11-30)32-19)33-23(4,5)34-16;1-20(2,3)32-19(30)25(10-6-4-5-7-10)15-11-8-22-26(16(11)24-18(21)23-15)17-14(29)13(28)12(9-27)31-17/h10,12,14-16,19,30H,6-9,11H2,1-5H3;8,10,12-14,17,27-29H,4-7,9H2,1-3H3/t14-,15-,16-,19-;12-,13-,14-,17-/m11/s1. The maximum Gasteiger partial charge on any atom is 0.416 e. The van der Waals surface area contributed by atoms with Gasteiger partial charge in [-0.1, -0.05) is 25.7 Å². The van der Waals surface area contributed by atoms with Gasteiger partial charge in [-0.15, -0.1) is 0 Å². The zero-order valence-electron chi connectivity index (χ0n) is 38.8. The minimum atomic E-state index is -1.34. The summed E-state index contributed by atoms with van der Waals surface area (Å²) in [6.07, 6.45) is 2.31. The van der Waals surface area contributed by atoms with Gasteiger partial charge in [0, 0.05) is 12.1 Å². The minimum absolute atomic E-state index is 0.0296. The Hall–Kier alpha value is -4.10. The summed E-state index contributed by atoms with van der Waals surface area (Å²) < 4.78 is 37.9. The first-order valence-electron chi connectivity index (χ1n) is 22.7. The van der Waals surface area contributed by atoms with Crippen LogP contribution in [0.3, 0.4) is 0 Å². The Labute approximate surface area is 396 Å². The van der Waals surface area contributed by atoms with Crippen LogP contribution in [0, 0.1) is 0 Å². The molecule has 5 aliphatic rings. The Balaban J connectivity index is 0.000000182. The summed E-state index contributed by atoms with van der Waals surface area (Å²) in [7, 11) is 0. The van der Waals surface area contributed by atoms with Crippen molar-refractivity contribution in [1.29, 1.82) is 0 Å². The van der Waals surface area contributed by atoms with Crippen molar-refractivity contribution in [3.05, 3.63) is 23.0 Å². The van der Waals surface area contributed by atoms with E-state index in [2.05, 4.69) is 30.1 Å². The van der Waals surface area contributed by atoms with Gasteiger partial charge in [0.2, 0.25) is 10.6 Å². The number of aliphatic hydroxyl groups is 4. The molecule has 5 fully saturated rings. The number of carbonyl (C=O) groups excluding carboxylic acids is 2. The Morgan fingerprint density at radius 1 is 0.687 bits per heavy atom. The maximum absolute atomic E-state index is 13.4. The Bertz CT molecular complexity index is 2430. The highest BCUT2D eigenvalue weighted by Gasteiger charge is 2.56. The van der Waals surface area contributed by atoms with E-state index in [0.29, 0.717) is 22.2 Å². The lowest BCUT2D eigenvalue weighted by Gasteiger charge is -2.31. The molecule has 0 bridgehead atoms. The molecule has 2 amide bonds. The number of rotatable bonds is 8. The molecule has 67 heavy (non-hydrogen) atoms. The van der Waals surface area contributed by atoms with Crippen molar-refractivity contribution in [2.75, 3.05) is 23.0 Å². The summed E-state index contributed by atoms with van der Waals surface area (Å²) in [5.41, 5.74) is -0.763. The van der Waals surface area contributed by atoms with Gasteiger partial charge in [-0.2, -0.15) is 30.1 Å². The SMILES string of the molecule is CC(C)(C)OC(=O)N(c1nc(Cl)nc2c1cnn2[C@@H]1O[C@H](CO)[C@@H](O)[C@H]1O)C1CCCC1.CC(C)(C)OC(=O)N(c1nc(Cl)nc2c1cnn2[C@@H]1O[C@H](CO)[C@H]2OC(C)(C)O[C@H]21)C1CCCC1. The van der Waals surface area contributed by atoms with Gasteiger partial charge in [0.1, 0.15) is 47.8 Å². The molecule has 2 saturated carbocycles. The number of amides is 2. The Morgan fingerprint density at radius 3 is 1.52 bits per heavy atom. The normalized spacial score (nSPS) is 27.7. The summed E-state index contributed by atoms with van der Waals surface area (Å²) in [6, 6.07) is -0.183. The van der Waals surface area contributed by atoms with Gasteiger partial charge >= 0.3 is 12.2 Å². The van der Waals surface area contributed by atoms with E-state index >= 15 is 0 Å². The molecule has 0 spiro atoms. The third-order valence-electron chi connectivity index (χ3n) is 12.1. The summed E-state index contributed by atoms with van der Waals surface area (Å²) in [5.74, 6) is -0.217. The molecule has 0 radical (unpaired) electrons. The number of aromatic nitrogens is 8. The van der Waals surface area contributed by atoms with E-state index in [9.17, 15) is 30.0 Å². The van der Waals surface area contributed by atoms with Crippen molar-refractivity contribution >= 4 is 69.1 Å². The molecular weight excluding hydrogens is 919 g/mol. The topological polar surface area (TPSA) is 264 Å². The van der Waals surface area contributed by atoms with Crippen molar-refractivity contribution in [3.63, 3.8) is 0 Å². The van der Waals surface area contributed by atoms with Crippen LogP contribution < -0.4 is 9.80 Å². The lowest BCUT2D eigenvalue weighted by atomic mass is 10.1. The maximum atomic E-state index is 13.4. The molecule has 3 aliphatic heterocycles. The minimum Gasteiger partial charge on any atom is -0.443 e. The van der Waals surface area contributed by atoms with Crippen molar-refractivity contribution in [1.82, 2.24) is 39.5 Å². The predicted molar refractivity (Wildman–Crippen MR) is 240 cm³/mol. The molecule has 3 saturated heterocycles. The van der Waals surface area contributed by atoms with Crippen LogP contribution in [0.5, 0.6) is 0 Å². The second kappa shape index (κ2) is 19.0. The van der Waals surface area contributed by atoms with Crippen LogP contribution >= 0.6 is 23.2 Å². The second-order valence-electron chi connectivity index (χ2n) is 19.9. The van der Waals surface area contributed by atoms with E-state index in [1.165, 1.54) is 15.8 Å². The van der Waals surface area contributed by atoms with Crippen LogP contribution in [0.2, 0.25) is 10.6 Å². The number of fused-ring (bicyclic) bond motifs is 3. The average molecular weight is 980 g/mol. The Kier molecular flexibility index (Phi) is 14.0. The highest BCUT2D eigenvalue weighted by atomic mass is 35.5. The highest BCUT2D eigenvalue weighted by Crippen LogP contribution is 2.45. The second-order valence-corrected chi connectivity index (χ2v) is 20.6. The van der Waals surface area contributed by atoms with Gasteiger partial charge < -0.3 is 48.8 Å². The molecule has 4 aromatic heterocycles. The van der Waals surface area contributed by atoms with Gasteiger partial charge in [-0.05, 0) is 104 Å². The first-order valence-corrected chi connectivity index (χ1v) is 23.4. The van der Waals surface area contributed by atoms with Crippen molar-refractivity contribution in [2.24, 2.45) is 0 Å². The molecule has 22 nitrogen and oxygen atoms in total. The fourth-order valence-corrected chi connectivity index (χ4v) is 9.68. The van der Waals surface area contributed by atoms with Crippen LogP contribution in [0.25, 0.3) is 22.1 Å². The molecule has 368 valence electrons. The number of carbonyl (C=O) groups is 2. The number of hydrogen-bond acceptors (Lipinski definition) is 18. The summed E-state index contributed by atoms with van der Waals surface area (Å²) >= 11 is 12.6. The molecule has 9 rings (SSSR count). The van der Waals surface area contributed by atoms with Crippen LogP contribution in [-0.2, 0) is 28.4 Å². The molecule has 7 heterocycles. The van der Waals surface area contributed by atoms with Gasteiger partial charge in [0.15, 0.2) is 41.2 Å². The van der Waals surface area contributed by atoms with E-state index in [1.807, 2.05) is 34.6 Å². The van der Waals surface area contributed by atoms with E-state index in [-0.39, 0.29) is 40.7 Å². The third kappa shape index (κ3) is 10.2. The van der Waals surface area contributed by atoms with E-state index in [0.717, 1.165) is 51.4 Å². The van der Waals surface area contributed by atoms with Gasteiger partial charge in [0.05, 0.1) is 36.4 Å². The lowest BCUT2D eigenvalue weighted by molar-refractivity contribution is -0.201. The average Bonchev–Trinajstić information content (AvgIpc) is 4.10. The number of nitrogens with zero attached hydrogens (tertiary/aromatic N) is 10. The molecule has 4 N–H and O–H groups in total. The van der Waals surface area contributed by atoms with Crippen LogP contribution in [0.1, 0.15) is 119 Å². The first kappa shape index (κ1) is 49.3. The molecule has 0 unspecified atom stereocenters. The van der Waals surface area contributed by atoms with E-state index in [4.69, 9.17) is 51.6 Å². The molecule has 2 aliphatic carbocycles. The fourth-order valence-electron chi connectivity index (χ4n) is 9.36. The molecule has 8 atom stereocenters. The summed E-state index contributed by atoms with van der Waals surface area (Å²) in [4.78, 5) is 47.1. The lowest BCUT2D eigenvalue weighted by Crippen LogP contribution is -2.43. The van der Waals surface area contributed by atoms with Crippen LogP contribution in [0.4, 0.5) is 21.2 Å². The van der Waals surface area contributed by atoms with E-state index < -0.39 is 84.9 Å². The summed E-state index contributed by atoms with van der Waals surface area (Å²) in [5, 5.41) is 49.4. The molecular formula is C43H60Cl2N10O12. The smallest absolute Gasteiger partial charge is 0.416 e. The number of aliphatic hydroxyl groups excluding tert-OH is 4.